The second kappa shape index (κ2) is 6.11. The number of carbonyl (C=O) groups is 2. The number of benzene rings is 1. The highest BCUT2D eigenvalue weighted by Gasteiger charge is 2.12. The van der Waals surface area contributed by atoms with Crippen LogP contribution in [-0.4, -0.2) is 18.4 Å². The lowest BCUT2D eigenvalue weighted by molar-refractivity contribution is -0.116. The molecule has 1 unspecified atom stereocenters. The van der Waals surface area contributed by atoms with Gasteiger partial charge in [-0.2, -0.15) is 0 Å². The zero-order chi connectivity index (χ0) is 13.7. The summed E-state index contributed by atoms with van der Waals surface area (Å²) in [6.45, 7) is 2.25. The number of nitrogens with two attached hydrogens (primary N) is 2. The molecular formula is C12H16FN3O2. The number of carbonyl (C=O) groups excluding carboxylic acids is 2. The third kappa shape index (κ3) is 3.81. The number of amides is 2. The van der Waals surface area contributed by atoms with E-state index in [1.54, 1.807) is 0 Å². The Kier molecular flexibility index (Phi) is 4.79. The van der Waals surface area contributed by atoms with Gasteiger partial charge in [0.15, 0.2) is 0 Å². The molecule has 0 spiro atoms. The van der Waals surface area contributed by atoms with Crippen molar-refractivity contribution in [2.75, 3.05) is 11.9 Å². The molecule has 0 fully saturated rings. The fourth-order valence-corrected chi connectivity index (χ4v) is 1.40. The summed E-state index contributed by atoms with van der Waals surface area (Å²) >= 11 is 0. The van der Waals surface area contributed by atoms with Crippen molar-refractivity contribution in [3.05, 3.63) is 29.6 Å². The number of hydrogen-bond donors (Lipinski definition) is 3. The highest BCUT2D eigenvalue weighted by molar-refractivity contribution is 5.96. The van der Waals surface area contributed by atoms with Gasteiger partial charge in [0.25, 0.3) is 5.91 Å². The molecule has 1 rings (SSSR count). The Hall–Kier alpha value is -1.95. The average Bonchev–Trinajstić information content (AvgIpc) is 2.31. The van der Waals surface area contributed by atoms with Gasteiger partial charge in [-0.25, -0.2) is 4.39 Å². The SMILES string of the molecule is CC(CN)CC(=O)Nc1ccc(F)c(C(N)=O)c1. The van der Waals surface area contributed by atoms with Crippen LogP contribution in [0.1, 0.15) is 23.7 Å². The van der Waals surface area contributed by atoms with Crippen molar-refractivity contribution in [1.82, 2.24) is 0 Å². The van der Waals surface area contributed by atoms with Crippen LogP contribution in [0.4, 0.5) is 10.1 Å². The number of hydrogen-bond acceptors (Lipinski definition) is 3. The number of anilines is 1. The molecule has 98 valence electrons. The Morgan fingerprint density at radius 2 is 2.11 bits per heavy atom. The second-order valence-electron chi connectivity index (χ2n) is 4.15. The number of halogens is 1. The van der Waals surface area contributed by atoms with E-state index in [0.29, 0.717) is 12.2 Å². The standard InChI is InChI=1S/C12H16FN3O2/c1-7(6-14)4-11(17)16-8-2-3-10(13)9(5-8)12(15)18/h2-3,5,7H,4,6,14H2,1H3,(H2,15,18)(H,16,17). The predicted octanol–water partition coefficient (Wildman–Crippen LogP) is 0.848. The Morgan fingerprint density at radius 3 is 2.67 bits per heavy atom. The van der Waals surface area contributed by atoms with E-state index in [2.05, 4.69) is 5.32 Å². The van der Waals surface area contributed by atoms with Gasteiger partial charge in [0.05, 0.1) is 5.56 Å². The molecule has 0 aliphatic rings. The Labute approximate surface area is 104 Å². The Morgan fingerprint density at radius 1 is 1.44 bits per heavy atom. The van der Waals surface area contributed by atoms with Crippen LogP contribution in [-0.2, 0) is 4.79 Å². The van der Waals surface area contributed by atoms with E-state index < -0.39 is 11.7 Å². The third-order valence-electron chi connectivity index (χ3n) is 2.45. The van der Waals surface area contributed by atoms with E-state index in [4.69, 9.17) is 11.5 Å². The van der Waals surface area contributed by atoms with Crippen LogP contribution in [0.5, 0.6) is 0 Å². The Bertz CT molecular complexity index is 463. The molecule has 18 heavy (non-hydrogen) atoms. The van der Waals surface area contributed by atoms with Crippen molar-refractivity contribution in [2.45, 2.75) is 13.3 Å². The van der Waals surface area contributed by atoms with Gasteiger partial charge in [-0.3, -0.25) is 9.59 Å². The van der Waals surface area contributed by atoms with Gasteiger partial charge in [-0.1, -0.05) is 6.92 Å². The van der Waals surface area contributed by atoms with Crippen molar-refractivity contribution >= 4 is 17.5 Å². The molecule has 0 saturated carbocycles. The van der Waals surface area contributed by atoms with Gasteiger partial charge in [0.2, 0.25) is 5.91 Å². The van der Waals surface area contributed by atoms with Crippen molar-refractivity contribution < 1.29 is 14.0 Å². The van der Waals surface area contributed by atoms with E-state index in [1.807, 2.05) is 6.92 Å². The average molecular weight is 253 g/mol. The zero-order valence-electron chi connectivity index (χ0n) is 10.1. The van der Waals surface area contributed by atoms with Gasteiger partial charge < -0.3 is 16.8 Å². The van der Waals surface area contributed by atoms with Gasteiger partial charge in [-0.15, -0.1) is 0 Å². The summed E-state index contributed by atoms with van der Waals surface area (Å²) in [5.41, 5.74) is 10.5. The lowest BCUT2D eigenvalue weighted by Crippen LogP contribution is -2.20. The first-order valence-electron chi connectivity index (χ1n) is 5.53. The quantitative estimate of drug-likeness (QED) is 0.725. The van der Waals surface area contributed by atoms with Crippen LogP contribution < -0.4 is 16.8 Å². The molecule has 0 aliphatic heterocycles. The Balaban J connectivity index is 2.76. The predicted molar refractivity (Wildman–Crippen MR) is 66.4 cm³/mol. The van der Waals surface area contributed by atoms with E-state index >= 15 is 0 Å². The van der Waals surface area contributed by atoms with E-state index in [1.165, 1.54) is 12.1 Å². The first-order valence-corrected chi connectivity index (χ1v) is 5.53. The maximum Gasteiger partial charge on any atom is 0.251 e. The molecule has 0 radical (unpaired) electrons. The van der Waals surface area contributed by atoms with Gasteiger partial charge >= 0.3 is 0 Å². The van der Waals surface area contributed by atoms with Crippen LogP contribution in [0.15, 0.2) is 18.2 Å². The van der Waals surface area contributed by atoms with Crippen LogP contribution in [0, 0.1) is 11.7 Å². The van der Waals surface area contributed by atoms with Crippen molar-refractivity contribution in [1.29, 1.82) is 0 Å². The molecule has 1 atom stereocenters. The molecule has 1 aromatic carbocycles. The molecule has 5 N–H and O–H groups in total. The van der Waals surface area contributed by atoms with Crippen molar-refractivity contribution in [3.63, 3.8) is 0 Å². The van der Waals surface area contributed by atoms with E-state index in [0.717, 1.165) is 6.07 Å². The van der Waals surface area contributed by atoms with Crippen LogP contribution >= 0.6 is 0 Å². The van der Waals surface area contributed by atoms with Crippen LogP contribution in [0.3, 0.4) is 0 Å². The minimum atomic E-state index is -0.876. The molecule has 5 nitrogen and oxygen atoms in total. The molecule has 0 aliphatic carbocycles. The molecular weight excluding hydrogens is 237 g/mol. The zero-order valence-corrected chi connectivity index (χ0v) is 10.1. The van der Waals surface area contributed by atoms with E-state index in [-0.39, 0.29) is 23.8 Å². The molecule has 6 heteroatoms. The number of rotatable bonds is 5. The molecule has 1 aromatic rings. The second-order valence-corrected chi connectivity index (χ2v) is 4.15. The van der Waals surface area contributed by atoms with Crippen LogP contribution in [0.25, 0.3) is 0 Å². The summed E-state index contributed by atoms with van der Waals surface area (Å²) in [4.78, 5) is 22.5. The highest BCUT2D eigenvalue weighted by atomic mass is 19.1. The maximum absolute atomic E-state index is 13.2. The summed E-state index contributed by atoms with van der Waals surface area (Å²) < 4.78 is 13.2. The van der Waals surface area contributed by atoms with Crippen LogP contribution in [0.2, 0.25) is 0 Å². The molecule has 0 bridgehead atoms. The molecule has 2 amide bonds. The lowest BCUT2D eigenvalue weighted by Gasteiger charge is -2.10. The number of nitrogens with one attached hydrogen (secondary N) is 1. The smallest absolute Gasteiger partial charge is 0.251 e. The molecule has 0 heterocycles. The minimum Gasteiger partial charge on any atom is -0.366 e. The summed E-state index contributed by atoms with van der Waals surface area (Å²) in [6.07, 6.45) is 0.264. The molecule has 0 saturated heterocycles. The third-order valence-corrected chi connectivity index (χ3v) is 2.45. The van der Waals surface area contributed by atoms with Gasteiger partial charge in [-0.05, 0) is 30.7 Å². The number of primary amides is 1. The first kappa shape index (κ1) is 14.1. The topological polar surface area (TPSA) is 98.2 Å². The summed E-state index contributed by atoms with van der Waals surface area (Å²) in [6, 6.07) is 3.66. The monoisotopic (exact) mass is 253 g/mol. The largest absolute Gasteiger partial charge is 0.366 e. The van der Waals surface area contributed by atoms with E-state index in [9.17, 15) is 14.0 Å². The first-order chi connectivity index (χ1) is 8.43. The summed E-state index contributed by atoms with van der Waals surface area (Å²) in [5.74, 6) is -1.77. The molecule has 0 aromatic heterocycles. The minimum absolute atomic E-state index is 0.0565. The normalized spacial score (nSPS) is 11.9. The van der Waals surface area contributed by atoms with Gasteiger partial charge in [0, 0.05) is 12.1 Å². The summed E-state index contributed by atoms with van der Waals surface area (Å²) in [5, 5.41) is 2.56. The highest BCUT2D eigenvalue weighted by Crippen LogP contribution is 2.15. The fourth-order valence-electron chi connectivity index (χ4n) is 1.40. The fraction of sp³-hybridized carbons (Fsp3) is 0.333. The maximum atomic E-state index is 13.2. The van der Waals surface area contributed by atoms with Crippen molar-refractivity contribution in [2.24, 2.45) is 17.4 Å². The summed E-state index contributed by atoms with van der Waals surface area (Å²) in [7, 11) is 0. The van der Waals surface area contributed by atoms with Gasteiger partial charge in [0.1, 0.15) is 5.82 Å². The lowest BCUT2D eigenvalue weighted by atomic mass is 10.1. The van der Waals surface area contributed by atoms with Crippen molar-refractivity contribution in [3.8, 4) is 0 Å².